The number of rotatable bonds is 3. The number of aromatic nitrogens is 4. The largest absolute Gasteiger partial charge is 0.356 e. The Morgan fingerprint density at radius 2 is 1.95 bits per heavy atom. The lowest BCUT2D eigenvalue weighted by Gasteiger charge is -2.39. The first kappa shape index (κ1) is 14.3. The molecule has 0 unspecified atom stereocenters. The summed E-state index contributed by atoms with van der Waals surface area (Å²) in [6.07, 6.45) is 5.87. The molecule has 1 aliphatic rings. The SMILES string of the molecule is CC(C)N1CCC(N(C)c2ncnc3c2cnn3C)CC1. The number of hydrogen-bond donors (Lipinski definition) is 0. The highest BCUT2D eigenvalue weighted by atomic mass is 15.3. The first-order valence-electron chi connectivity index (χ1n) is 7.67. The number of hydrogen-bond acceptors (Lipinski definition) is 5. The maximum absolute atomic E-state index is 4.50. The zero-order valence-corrected chi connectivity index (χ0v) is 13.3. The summed E-state index contributed by atoms with van der Waals surface area (Å²) >= 11 is 0. The van der Waals surface area contributed by atoms with E-state index in [1.54, 1.807) is 11.0 Å². The Kier molecular flexibility index (Phi) is 3.80. The van der Waals surface area contributed by atoms with Crippen LogP contribution < -0.4 is 4.90 Å². The minimum Gasteiger partial charge on any atom is -0.356 e. The number of aryl methyl sites for hydroxylation is 1. The third-order valence-corrected chi connectivity index (χ3v) is 4.62. The van der Waals surface area contributed by atoms with Crippen molar-refractivity contribution in [2.24, 2.45) is 7.05 Å². The van der Waals surface area contributed by atoms with E-state index in [1.807, 2.05) is 13.2 Å². The Balaban J connectivity index is 1.80. The van der Waals surface area contributed by atoms with Gasteiger partial charge in [-0.05, 0) is 26.7 Å². The Bertz CT molecular complexity index is 612. The molecule has 3 rings (SSSR count). The van der Waals surface area contributed by atoms with E-state index in [-0.39, 0.29) is 0 Å². The molecule has 3 heterocycles. The predicted molar refractivity (Wildman–Crippen MR) is 84.4 cm³/mol. The molecule has 0 atom stereocenters. The van der Waals surface area contributed by atoms with Gasteiger partial charge in [-0.3, -0.25) is 4.68 Å². The highest BCUT2D eigenvalue weighted by Gasteiger charge is 2.25. The summed E-state index contributed by atoms with van der Waals surface area (Å²) in [4.78, 5) is 13.7. The molecule has 6 heteroatoms. The van der Waals surface area contributed by atoms with E-state index in [2.05, 4.69) is 45.8 Å². The smallest absolute Gasteiger partial charge is 0.163 e. The summed E-state index contributed by atoms with van der Waals surface area (Å²) in [5, 5.41) is 5.33. The predicted octanol–water partition coefficient (Wildman–Crippen LogP) is 1.67. The Labute approximate surface area is 125 Å². The van der Waals surface area contributed by atoms with Gasteiger partial charge in [0.05, 0.1) is 11.6 Å². The molecule has 1 saturated heterocycles. The number of nitrogens with zero attached hydrogens (tertiary/aromatic N) is 6. The van der Waals surface area contributed by atoms with Crippen LogP contribution in [0, 0.1) is 0 Å². The molecule has 0 aliphatic carbocycles. The zero-order valence-electron chi connectivity index (χ0n) is 13.3. The molecule has 0 radical (unpaired) electrons. The highest BCUT2D eigenvalue weighted by Crippen LogP contribution is 2.26. The van der Waals surface area contributed by atoms with Gasteiger partial charge in [0, 0.05) is 39.3 Å². The van der Waals surface area contributed by atoms with Gasteiger partial charge in [-0.25, -0.2) is 9.97 Å². The molecule has 21 heavy (non-hydrogen) atoms. The van der Waals surface area contributed by atoms with Gasteiger partial charge in [0.2, 0.25) is 0 Å². The first-order valence-corrected chi connectivity index (χ1v) is 7.67. The first-order chi connectivity index (χ1) is 10.1. The maximum Gasteiger partial charge on any atom is 0.163 e. The fourth-order valence-corrected chi connectivity index (χ4v) is 3.19. The second-order valence-electron chi connectivity index (χ2n) is 6.17. The van der Waals surface area contributed by atoms with Crippen LogP contribution in [0.3, 0.4) is 0 Å². The molecule has 0 spiro atoms. The van der Waals surface area contributed by atoms with Gasteiger partial charge in [0.25, 0.3) is 0 Å². The van der Waals surface area contributed by atoms with Gasteiger partial charge in [0.15, 0.2) is 5.65 Å². The number of fused-ring (bicyclic) bond motifs is 1. The van der Waals surface area contributed by atoms with E-state index in [0.717, 1.165) is 29.9 Å². The van der Waals surface area contributed by atoms with Crippen LogP contribution in [0.2, 0.25) is 0 Å². The average molecular weight is 288 g/mol. The molecule has 0 saturated carbocycles. The molecule has 0 aromatic carbocycles. The van der Waals surface area contributed by atoms with Crippen LogP contribution in [-0.4, -0.2) is 56.9 Å². The standard InChI is InChI=1S/C15H24N6/c1-11(2)21-7-5-12(6-8-21)19(3)14-13-9-18-20(4)15(13)17-10-16-14/h9-12H,5-8H2,1-4H3. The van der Waals surface area contributed by atoms with Crippen molar-refractivity contribution in [2.75, 3.05) is 25.0 Å². The van der Waals surface area contributed by atoms with Gasteiger partial charge in [0.1, 0.15) is 12.1 Å². The fourth-order valence-electron chi connectivity index (χ4n) is 3.19. The Morgan fingerprint density at radius 3 is 2.62 bits per heavy atom. The lowest BCUT2D eigenvalue weighted by molar-refractivity contribution is 0.171. The summed E-state index contributed by atoms with van der Waals surface area (Å²) in [6, 6.07) is 1.18. The summed E-state index contributed by atoms with van der Waals surface area (Å²) in [7, 11) is 4.06. The molecule has 114 valence electrons. The lowest BCUT2D eigenvalue weighted by Crippen LogP contribution is -2.46. The highest BCUT2D eigenvalue weighted by molar-refractivity contribution is 5.86. The molecule has 0 N–H and O–H groups in total. The molecular formula is C15H24N6. The molecule has 6 nitrogen and oxygen atoms in total. The van der Waals surface area contributed by atoms with Crippen LogP contribution >= 0.6 is 0 Å². The molecule has 2 aromatic heterocycles. The van der Waals surface area contributed by atoms with Crippen LogP contribution in [0.1, 0.15) is 26.7 Å². The minimum atomic E-state index is 0.540. The second-order valence-corrected chi connectivity index (χ2v) is 6.17. The topological polar surface area (TPSA) is 50.1 Å². The fraction of sp³-hybridized carbons (Fsp3) is 0.667. The van der Waals surface area contributed by atoms with Crippen LogP contribution in [0.4, 0.5) is 5.82 Å². The van der Waals surface area contributed by atoms with Crippen LogP contribution in [-0.2, 0) is 7.05 Å². The molecule has 0 bridgehead atoms. The van der Waals surface area contributed by atoms with Crippen molar-refractivity contribution < 1.29 is 0 Å². The molecule has 0 amide bonds. The van der Waals surface area contributed by atoms with E-state index in [9.17, 15) is 0 Å². The van der Waals surface area contributed by atoms with E-state index in [4.69, 9.17) is 0 Å². The van der Waals surface area contributed by atoms with Crippen LogP contribution in [0.5, 0.6) is 0 Å². The zero-order chi connectivity index (χ0) is 15.0. The summed E-state index contributed by atoms with van der Waals surface area (Å²) in [5.41, 5.74) is 0.895. The third kappa shape index (κ3) is 2.60. The van der Waals surface area contributed by atoms with Crippen molar-refractivity contribution in [3.05, 3.63) is 12.5 Å². The van der Waals surface area contributed by atoms with Crippen molar-refractivity contribution in [3.8, 4) is 0 Å². The van der Waals surface area contributed by atoms with Gasteiger partial charge in [-0.2, -0.15) is 5.10 Å². The summed E-state index contributed by atoms with van der Waals surface area (Å²) in [6.45, 7) is 6.86. The van der Waals surface area contributed by atoms with Crippen molar-refractivity contribution in [1.29, 1.82) is 0 Å². The molecular weight excluding hydrogens is 264 g/mol. The van der Waals surface area contributed by atoms with E-state index in [1.165, 1.54) is 12.8 Å². The number of piperidine rings is 1. The van der Waals surface area contributed by atoms with E-state index >= 15 is 0 Å². The minimum absolute atomic E-state index is 0.540. The third-order valence-electron chi connectivity index (χ3n) is 4.62. The second kappa shape index (κ2) is 5.60. The van der Waals surface area contributed by atoms with Crippen molar-refractivity contribution in [1.82, 2.24) is 24.6 Å². The van der Waals surface area contributed by atoms with Gasteiger partial charge >= 0.3 is 0 Å². The molecule has 1 fully saturated rings. The normalized spacial score (nSPS) is 17.8. The Morgan fingerprint density at radius 1 is 1.24 bits per heavy atom. The van der Waals surface area contributed by atoms with Crippen molar-refractivity contribution in [3.63, 3.8) is 0 Å². The van der Waals surface area contributed by atoms with Gasteiger partial charge in [-0.15, -0.1) is 0 Å². The quantitative estimate of drug-likeness (QED) is 0.860. The van der Waals surface area contributed by atoms with E-state index in [0.29, 0.717) is 12.1 Å². The Hall–Kier alpha value is -1.69. The van der Waals surface area contributed by atoms with Gasteiger partial charge in [-0.1, -0.05) is 0 Å². The maximum atomic E-state index is 4.50. The molecule has 2 aromatic rings. The molecule has 1 aliphatic heterocycles. The number of likely N-dealkylation sites (tertiary alicyclic amines) is 1. The van der Waals surface area contributed by atoms with Crippen LogP contribution in [0.15, 0.2) is 12.5 Å². The van der Waals surface area contributed by atoms with Gasteiger partial charge < -0.3 is 9.80 Å². The monoisotopic (exact) mass is 288 g/mol. The van der Waals surface area contributed by atoms with Crippen molar-refractivity contribution in [2.45, 2.75) is 38.8 Å². The van der Waals surface area contributed by atoms with Crippen LogP contribution in [0.25, 0.3) is 11.0 Å². The lowest BCUT2D eigenvalue weighted by atomic mass is 10.0. The average Bonchev–Trinajstić information content (AvgIpc) is 2.88. The van der Waals surface area contributed by atoms with E-state index < -0.39 is 0 Å². The summed E-state index contributed by atoms with van der Waals surface area (Å²) < 4.78 is 1.80. The van der Waals surface area contributed by atoms with Crippen molar-refractivity contribution >= 4 is 16.9 Å². The summed E-state index contributed by atoms with van der Waals surface area (Å²) in [5.74, 6) is 0.996. The number of anilines is 1.